The molecular formula is C15H27N3O2. The Labute approximate surface area is 121 Å². The molecule has 114 valence electrons. The molecule has 0 bridgehead atoms. The summed E-state index contributed by atoms with van der Waals surface area (Å²) in [5.74, 6) is 0.784. The molecule has 1 saturated carbocycles. The maximum absolute atomic E-state index is 12.3. The minimum atomic E-state index is -0.0580. The minimum absolute atomic E-state index is 0.0580. The number of nitrogens with one attached hydrogen (secondary N) is 1. The average molecular weight is 281 g/mol. The van der Waals surface area contributed by atoms with Gasteiger partial charge in [-0.3, -0.25) is 9.59 Å². The Hall–Kier alpha value is -1.10. The van der Waals surface area contributed by atoms with Gasteiger partial charge in [0.05, 0.1) is 5.92 Å². The fourth-order valence-electron chi connectivity index (χ4n) is 2.96. The Balaban J connectivity index is 1.84. The van der Waals surface area contributed by atoms with Crippen molar-refractivity contribution in [2.45, 2.75) is 51.5 Å². The molecule has 20 heavy (non-hydrogen) atoms. The van der Waals surface area contributed by atoms with E-state index < -0.39 is 0 Å². The predicted octanol–water partition coefficient (Wildman–Crippen LogP) is 0.879. The van der Waals surface area contributed by atoms with Crippen LogP contribution in [0.25, 0.3) is 0 Å². The van der Waals surface area contributed by atoms with E-state index in [4.69, 9.17) is 5.73 Å². The first-order valence-electron chi connectivity index (χ1n) is 7.94. The van der Waals surface area contributed by atoms with Crippen molar-refractivity contribution in [1.82, 2.24) is 10.2 Å². The number of hydrogen-bond acceptors (Lipinski definition) is 3. The highest BCUT2D eigenvalue weighted by atomic mass is 16.2. The Morgan fingerprint density at radius 3 is 2.70 bits per heavy atom. The van der Waals surface area contributed by atoms with Gasteiger partial charge in [-0.1, -0.05) is 6.92 Å². The normalized spacial score (nSPS) is 24.3. The second-order valence-corrected chi connectivity index (χ2v) is 6.12. The van der Waals surface area contributed by atoms with E-state index in [-0.39, 0.29) is 23.8 Å². The molecule has 2 fully saturated rings. The third kappa shape index (κ3) is 3.95. The summed E-state index contributed by atoms with van der Waals surface area (Å²) in [5.41, 5.74) is 5.73. The number of carbonyl (C=O) groups is 2. The van der Waals surface area contributed by atoms with Crippen molar-refractivity contribution in [1.29, 1.82) is 0 Å². The van der Waals surface area contributed by atoms with E-state index >= 15 is 0 Å². The van der Waals surface area contributed by atoms with Crippen LogP contribution in [0.3, 0.4) is 0 Å². The van der Waals surface area contributed by atoms with Gasteiger partial charge < -0.3 is 16.0 Å². The van der Waals surface area contributed by atoms with Gasteiger partial charge in [0.15, 0.2) is 0 Å². The SMILES string of the molecule is CCCC(=O)N1CCCC(C(=O)NC(CN)C2CC2)C1. The van der Waals surface area contributed by atoms with Gasteiger partial charge in [0.1, 0.15) is 0 Å². The summed E-state index contributed by atoms with van der Waals surface area (Å²) < 4.78 is 0. The molecule has 0 radical (unpaired) electrons. The minimum Gasteiger partial charge on any atom is -0.352 e. The van der Waals surface area contributed by atoms with Crippen LogP contribution >= 0.6 is 0 Å². The van der Waals surface area contributed by atoms with Crippen molar-refractivity contribution in [3.05, 3.63) is 0 Å². The van der Waals surface area contributed by atoms with Gasteiger partial charge in [-0.2, -0.15) is 0 Å². The molecule has 1 aliphatic carbocycles. The zero-order chi connectivity index (χ0) is 14.5. The molecule has 0 aromatic heterocycles. The van der Waals surface area contributed by atoms with Crippen molar-refractivity contribution >= 4 is 11.8 Å². The highest BCUT2D eigenvalue weighted by Gasteiger charge is 2.34. The van der Waals surface area contributed by atoms with Crippen LogP contribution in [-0.4, -0.2) is 42.4 Å². The summed E-state index contributed by atoms with van der Waals surface area (Å²) in [5, 5.41) is 3.09. The zero-order valence-electron chi connectivity index (χ0n) is 12.4. The molecule has 5 heteroatoms. The monoisotopic (exact) mass is 281 g/mol. The lowest BCUT2D eigenvalue weighted by Gasteiger charge is -2.33. The third-order valence-corrected chi connectivity index (χ3v) is 4.38. The largest absolute Gasteiger partial charge is 0.352 e. The molecule has 1 heterocycles. The molecule has 2 unspecified atom stereocenters. The van der Waals surface area contributed by atoms with E-state index in [0.717, 1.165) is 25.8 Å². The van der Waals surface area contributed by atoms with Crippen LogP contribution in [0.1, 0.15) is 45.4 Å². The van der Waals surface area contributed by atoms with Crippen molar-refractivity contribution in [2.24, 2.45) is 17.6 Å². The van der Waals surface area contributed by atoms with Crippen LogP contribution in [0.15, 0.2) is 0 Å². The Kier molecular flexibility index (Phi) is 5.40. The molecule has 5 nitrogen and oxygen atoms in total. The standard InChI is InChI=1S/C15H27N3O2/c1-2-4-14(19)18-8-3-5-12(10-18)15(20)17-13(9-16)11-6-7-11/h11-13H,2-10,16H2,1H3,(H,17,20). The molecule has 0 aromatic rings. The van der Waals surface area contributed by atoms with Crippen molar-refractivity contribution < 1.29 is 9.59 Å². The number of rotatable bonds is 6. The van der Waals surface area contributed by atoms with Gasteiger partial charge in [-0.15, -0.1) is 0 Å². The van der Waals surface area contributed by atoms with Crippen LogP contribution in [0, 0.1) is 11.8 Å². The molecule has 0 spiro atoms. The zero-order valence-corrected chi connectivity index (χ0v) is 12.4. The number of nitrogens with zero attached hydrogens (tertiary/aromatic N) is 1. The molecule has 2 aliphatic rings. The second-order valence-electron chi connectivity index (χ2n) is 6.12. The van der Waals surface area contributed by atoms with Gasteiger partial charge in [0, 0.05) is 32.1 Å². The molecule has 2 amide bonds. The van der Waals surface area contributed by atoms with Gasteiger partial charge in [0.25, 0.3) is 0 Å². The summed E-state index contributed by atoms with van der Waals surface area (Å²) >= 11 is 0. The number of amides is 2. The predicted molar refractivity (Wildman–Crippen MR) is 77.9 cm³/mol. The van der Waals surface area contributed by atoms with Crippen molar-refractivity contribution in [3.8, 4) is 0 Å². The fraction of sp³-hybridized carbons (Fsp3) is 0.867. The molecule has 0 aromatic carbocycles. The summed E-state index contributed by atoms with van der Waals surface area (Å²) in [7, 11) is 0. The van der Waals surface area contributed by atoms with E-state index in [2.05, 4.69) is 5.32 Å². The van der Waals surface area contributed by atoms with Gasteiger partial charge in [0.2, 0.25) is 11.8 Å². The first-order chi connectivity index (χ1) is 9.65. The third-order valence-electron chi connectivity index (χ3n) is 4.38. The lowest BCUT2D eigenvalue weighted by molar-refractivity contribution is -0.136. The van der Waals surface area contributed by atoms with Crippen LogP contribution in [0.5, 0.6) is 0 Å². The number of piperidine rings is 1. The summed E-state index contributed by atoms with van der Waals surface area (Å²) in [6.45, 7) is 3.90. The van der Waals surface area contributed by atoms with E-state index in [1.54, 1.807) is 0 Å². The van der Waals surface area contributed by atoms with Crippen LogP contribution in [0.4, 0.5) is 0 Å². The van der Waals surface area contributed by atoms with E-state index in [0.29, 0.717) is 25.4 Å². The molecule has 2 atom stereocenters. The van der Waals surface area contributed by atoms with Crippen LogP contribution in [0.2, 0.25) is 0 Å². The highest BCUT2D eigenvalue weighted by molar-refractivity contribution is 5.81. The van der Waals surface area contributed by atoms with Crippen molar-refractivity contribution in [3.63, 3.8) is 0 Å². The average Bonchev–Trinajstić information content (AvgIpc) is 3.29. The van der Waals surface area contributed by atoms with Gasteiger partial charge in [-0.05, 0) is 38.0 Å². The highest BCUT2D eigenvalue weighted by Crippen LogP contribution is 2.32. The maximum atomic E-state index is 12.3. The topological polar surface area (TPSA) is 75.4 Å². The first kappa shape index (κ1) is 15.3. The van der Waals surface area contributed by atoms with Crippen LogP contribution < -0.4 is 11.1 Å². The number of carbonyl (C=O) groups excluding carboxylic acids is 2. The smallest absolute Gasteiger partial charge is 0.225 e. The molecule has 3 N–H and O–H groups in total. The van der Waals surface area contributed by atoms with E-state index in [9.17, 15) is 9.59 Å². The lowest BCUT2D eigenvalue weighted by atomic mass is 9.96. The van der Waals surface area contributed by atoms with E-state index in [1.807, 2.05) is 11.8 Å². The number of nitrogens with two attached hydrogens (primary N) is 1. The molecule has 1 aliphatic heterocycles. The Bertz CT molecular complexity index is 355. The van der Waals surface area contributed by atoms with Crippen LogP contribution in [-0.2, 0) is 9.59 Å². The fourth-order valence-corrected chi connectivity index (χ4v) is 2.96. The quantitative estimate of drug-likeness (QED) is 0.759. The lowest BCUT2D eigenvalue weighted by Crippen LogP contribution is -2.49. The molecule has 1 saturated heterocycles. The Morgan fingerprint density at radius 1 is 1.35 bits per heavy atom. The summed E-state index contributed by atoms with van der Waals surface area (Å²) in [6, 6.07) is 0.129. The first-order valence-corrected chi connectivity index (χ1v) is 7.94. The second kappa shape index (κ2) is 7.07. The summed E-state index contributed by atoms with van der Waals surface area (Å²) in [4.78, 5) is 26.1. The number of hydrogen-bond donors (Lipinski definition) is 2. The van der Waals surface area contributed by atoms with Gasteiger partial charge >= 0.3 is 0 Å². The van der Waals surface area contributed by atoms with Gasteiger partial charge in [-0.25, -0.2) is 0 Å². The van der Waals surface area contributed by atoms with E-state index in [1.165, 1.54) is 12.8 Å². The Morgan fingerprint density at radius 2 is 2.10 bits per heavy atom. The number of likely N-dealkylation sites (tertiary alicyclic amines) is 1. The maximum Gasteiger partial charge on any atom is 0.225 e. The summed E-state index contributed by atoms with van der Waals surface area (Å²) in [6.07, 6.45) is 5.60. The molecular weight excluding hydrogens is 254 g/mol. The van der Waals surface area contributed by atoms with Crippen molar-refractivity contribution in [2.75, 3.05) is 19.6 Å². The molecule has 2 rings (SSSR count).